The second-order valence-electron chi connectivity index (χ2n) is 11.5. The van der Waals surface area contributed by atoms with Gasteiger partial charge in [0.2, 0.25) is 0 Å². The summed E-state index contributed by atoms with van der Waals surface area (Å²) in [6.45, 7) is 14.9. The summed E-state index contributed by atoms with van der Waals surface area (Å²) in [5, 5.41) is 12.7. The van der Waals surface area contributed by atoms with Crippen LogP contribution < -0.4 is 15.5 Å². The van der Waals surface area contributed by atoms with Gasteiger partial charge in [-0.3, -0.25) is 10.1 Å². The van der Waals surface area contributed by atoms with Gasteiger partial charge in [-0.2, -0.15) is 5.10 Å². The van der Waals surface area contributed by atoms with E-state index >= 15 is 0 Å². The number of nitrogens with zero attached hydrogens (tertiary/aromatic N) is 5. The maximum absolute atomic E-state index is 13.1. The van der Waals surface area contributed by atoms with Gasteiger partial charge in [0.25, 0.3) is 5.91 Å². The van der Waals surface area contributed by atoms with Crippen molar-refractivity contribution in [1.82, 2.24) is 19.7 Å². The van der Waals surface area contributed by atoms with Gasteiger partial charge < -0.3 is 15.1 Å². The summed E-state index contributed by atoms with van der Waals surface area (Å²) in [7, 11) is 0. The Morgan fingerprint density at radius 2 is 1.61 bits per heavy atom. The van der Waals surface area contributed by atoms with Crippen LogP contribution >= 0.6 is 11.3 Å². The Morgan fingerprint density at radius 3 is 2.22 bits per heavy atom. The molecule has 41 heavy (non-hydrogen) atoms. The molecule has 9 nitrogen and oxygen atoms in total. The molecule has 0 aliphatic carbocycles. The van der Waals surface area contributed by atoms with E-state index in [9.17, 15) is 9.59 Å². The van der Waals surface area contributed by atoms with Crippen LogP contribution in [0.1, 0.15) is 53.0 Å². The van der Waals surface area contributed by atoms with Gasteiger partial charge in [0, 0.05) is 37.7 Å². The molecule has 0 radical (unpaired) electrons. The molecule has 0 unspecified atom stereocenters. The van der Waals surface area contributed by atoms with E-state index in [1.54, 1.807) is 4.68 Å². The average molecular weight is 572 g/mol. The van der Waals surface area contributed by atoms with Crippen LogP contribution in [0.2, 0.25) is 0 Å². The zero-order valence-electron chi connectivity index (χ0n) is 24.5. The number of rotatable bonds is 5. The molecule has 1 fully saturated rings. The van der Waals surface area contributed by atoms with E-state index in [4.69, 9.17) is 10.1 Å². The van der Waals surface area contributed by atoms with E-state index in [0.717, 1.165) is 33.2 Å². The van der Waals surface area contributed by atoms with Crippen molar-refractivity contribution in [2.45, 2.75) is 47.0 Å². The molecule has 2 N–H and O–H groups in total. The molecule has 0 bridgehead atoms. The average Bonchev–Trinajstić information content (AvgIpc) is 3.56. The number of carbonyl (C=O) groups is 2. The number of hydrogen-bond donors (Lipinski definition) is 2. The lowest BCUT2D eigenvalue weighted by Gasteiger charge is -2.35. The first-order valence-corrected chi connectivity index (χ1v) is 14.7. The molecule has 1 saturated heterocycles. The lowest BCUT2D eigenvalue weighted by Crippen LogP contribution is -2.49. The maximum Gasteiger partial charge on any atom is 0.324 e. The maximum atomic E-state index is 13.1. The van der Waals surface area contributed by atoms with Crippen LogP contribution in [0.15, 0.2) is 53.9 Å². The molecule has 3 aromatic heterocycles. The molecule has 10 heteroatoms. The molecule has 1 aliphatic rings. The number of anilines is 3. The topological polar surface area (TPSA) is 95.4 Å². The third kappa shape index (κ3) is 6.27. The Kier molecular flexibility index (Phi) is 7.86. The summed E-state index contributed by atoms with van der Waals surface area (Å²) in [5.74, 6) is 1.52. The summed E-state index contributed by atoms with van der Waals surface area (Å²) in [4.78, 5) is 35.6. The van der Waals surface area contributed by atoms with Crippen molar-refractivity contribution in [3.8, 4) is 5.69 Å². The van der Waals surface area contributed by atoms with E-state index in [1.165, 1.54) is 11.3 Å². The first-order chi connectivity index (χ1) is 19.5. The lowest BCUT2D eigenvalue weighted by molar-refractivity contribution is 0.0750. The monoisotopic (exact) mass is 571 g/mol. The SMILES string of the molecule is Cc1ccc(-n2nc(C(C)(C)C)cc2NC(=O)Nc2ccc(N3CCN(C(=O)c4sccc4C)CC3)nc2C)cc1. The number of piperazine rings is 1. The summed E-state index contributed by atoms with van der Waals surface area (Å²) in [5.41, 5.74) is 5.10. The summed E-state index contributed by atoms with van der Waals surface area (Å²) < 4.78 is 1.76. The standard InChI is InChI=1S/C31H37N7O2S/c1-20-7-9-23(10-8-20)38-27(19-25(35-38)31(4,5)6)34-30(40)33-24-11-12-26(32-22(24)3)36-14-16-37(17-15-36)29(39)28-21(2)13-18-41-28/h7-13,18-19H,14-17H2,1-6H3,(H2,33,34,40). The first kappa shape index (κ1) is 28.4. The van der Waals surface area contributed by atoms with Crippen molar-refractivity contribution in [3.05, 3.63) is 81.3 Å². The molecule has 214 valence electrons. The number of thiophene rings is 1. The number of amides is 3. The molecule has 3 amide bonds. The Balaban J connectivity index is 1.24. The predicted molar refractivity (Wildman–Crippen MR) is 166 cm³/mol. The minimum absolute atomic E-state index is 0.102. The third-order valence-corrected chi connectivity index (χ3v) is 8.27. The van der Waals surface area contributed by atoms with Crippen molar-refractivity contribution in [3.63, 3.8) is 0 Å². The normalized spacial score (nSPS) is 13.8. The van der Waals surface area contributed by atoms with Gasteiger partial charge >= 0.3 is 6.03 Å². The number of pyridine rings is 1. The van der Waals surface area contributed by atoms with Crippen LogP contribution in [0.3, 0.4) is 0 Å². The number of aromatic nitrogens is 3. The van der Waals surface area contributed by atoms with Crippen LogP contribution in [0.5, 0.6) is 0 Å². The number of hydrogen-bond acceptors (Lipinski definition) is 6. The quantitative estimate of drug-likeness (QED) is 0.299. The molecule has 0 spiro atoms. The van der Waals surface area contributed by atoms with Crippen molar-refractivity contribution in [1.29, 1.82) is 0 Å². The molecular weight excluding hydrogens is 534 g/mol. The number of nitrogens with one attached hydrogen (secondary N) is 2. The molecule has 0 saturated carbocycles. The Labute approximate surface area is 245 Å². The van der Waals surface area contributed by atoms with Gasteiger partial charge in [0.15, 0.2) is 0 Å². The Bertz CT molecular complexity index is 1560. The van der Waals surface area contributed by atoms with Gasteiger partial charge in [-0.1, -0.05) is 38.5 Å². The molecule has 5 rings (SSSR count). The number of aryl methyl sites for hydroxylation is 3. The predicted octanol–water partition coefficient (Wildman–Crippen LogP) is 6.16. The van der Waals surface area contributed by atoms with Crippen LogP contribution in [-0.4, -0.2) is 57.8 Å². The zero-order valence-corrected chi connectivity index (χ0v) is 25.3. The highest BCUT2D eigenvalue weighted by Crippen LogP contribution is 2.27. The second kappa shape index (κ2) is 11.4. The van der Waals surface area contributed by atoms with Gasteiger partial charge in [-0.25, -0.2) is 14.5 Å². The van der Waals surface area contributed by atoms with Gasteiger partial charge in [0.05, 0.1) is 27.6 Å². The fourth-order valence-corrected chi connectivity index (χ4v) is 5.61. The highest BCUT2D eigenvalue weighted by Gasteiger charge is 2.25. The van der Waals surface area contributed by atoms with E-state index in [2.05, 4.69) is 36.3 Å². The van der Waals surface area contributed by atoms with Gasteiger partial charge in [-0.15, -0.1) is 11.3 Å². The van der Waals surface area contributed by atoms with Crippen LogP contribution in [0.4, 0.5) is 22.1 Å². The van der Waals surface area contributed by atoms with Crippen molar-refractivity contribution in [2.24, 2.45) is 0 Å². The van der Waals surface area contributed by atoms with Gasteiger partial charge in [-0.05, 0) is 62.0 Å². The largest absolute Gasteiger partial charge is 0.353 e. The minimum atomic E-state index is -0.368. The minimum Gasteiger partial charge on any atom is -0.353 e. The van der Waals surface area contributed by atoms with E-state index in [0.29, 0.717) is 43.4 Å². The molecule has 1 aliphatic heterocycles. The van der Waals surface area contributed by atoms with E-state index in [-0.39, 0.29) is 17.4 Å². The van der Waals surface area contributed by atoms with Gasteiger partial charge in [0.1, 0.15) is 11.6 Å². The van der Waals surface area contributed by atoms with E-state index < -0.39 is 0 Å². The fourth-order valence-electron chi connectivity index (χ4n) is 4.72. The highest BCUT2D eigenvalue weighted by molar-refractivity contribution is 7.12. The third-order valence-electron chi connectivity index (χ3n) is 7.26. The number of carbonyl (C=O) groups excluding carboxylic acids is 2. The van der Waals surface area contributed by atoms with Crippen molar-refractivity contribution in [2.75, 3.05) is 41.7 Å². The Hall–Kier alpha value is -4.18. The highest BCUT2D eigenvalue weighted by atomic mass is 32.1. The van der Waals surface area contributed by atoms with Crippen molar-refractivity contribution < 1.29 is 9.59 Å². The molecule has 1 aromatic carbocycles. The number of benzene rings is 1. The van der Waals surface area contributed by atoms with Crippen LogP contribution in [-0.2, 0) is 5.41 Å². The summed E-state index contributed by atoms with van der Waals surface area (Å²) in [6, 6.07) is 15.4. The first-order valence-electron chi connectivity index (χ1n) is 13.8. The van der Waals surface area contributed by atoms with E-state index in [1.807, 2.05) is 79.6 Å². The smallest absolute Gasteiger partial charge is 0.324 e. The molecule has 0 atom stereocenters. The molecule has 4 heterocycles. The zero-order chi connectivity index (χ0) is 29.3. The van der Waals surface area contributed by atoms with Crippen LogP contribution in [0.25, 0.3) is 5.69 Å². The number of urea groups is 1. The van der Waals surface area contributed by atoms with Crippen molar-refractivity contribution >= 4 is 40.6 Å². The fraction of sp³-hybridized carbons (Fsp3) is 0.355. The summed E-state index contributed by atoms with van der Waals surface area (Å²) in [6.07, 6.45) is 0. The molecular formula is C31H37N7O2S. The second-order valence-corrected chi connectivity index (χ2v) is 12.4. The molecule has 4 aromatic rings. The Morgan fingerprint density at radius 1 is 0.902 bits per heavy atom. The summed E-state index contributed by atoms with van der Waals surface area (Å²) >= 11 is 1.50. The van der Waals surface area contributed by atoms with Crippen LogP contribution in [0, 0.1) is 20.8 Å². The lowest BCUT2D eigenvalue weighted by atomic mass is 9.92.